The van der Waals surface area contributed by atoms with E-state index in [2.05, 4.69) is 0 Å². The number of carbonyl (C=O) groups is 2. The van der Waals surface area contributed by atoms with Gasteiger partial charge in [-0.3, -0.25) is 4.79 Å². The third-order valence-electron chi connectivity index (χ3n) is 4.91. The monoisotopic (exact) mass is 432 g/mol. The summed E-state index contributed by atoms with van der Waals surface area (Å²) < 4.78 is 10.7. The fourth-order valence-corrected chi connectivity index (χ4v) is 4.54. The first kappa shape index (κ1) is 20.9. The molecular weight excluding hydrogens is 412 g/mol. The van der Waals surface area contributed by atoms with Gasteiger partial charge in [-0.05, 0) is 29.8 Å². The van der Waals surface area contributed by atoms with E-state index in [9.17, 15) is 14.7 Å². The molecule has 6 heteroatoms. The van der Waals surface area contributed by atoms with Gasteiger partial charge in [0.25, 0.3) is 0 Å². The number of carbonyl (C=O) groups excluding carboxylic acids is 2. The van der Waals surface area contributed by atoms with Crippen LogP contribution in [-0.2, 0) is 20.9 Å². The standard InChI is InChI=1S/C25H20O5S/c26-23(19-11-5-2-6-12-19)30-21-14-8-7-13-20(21)25(28)15-16-29-24(27)22(25)31-17-18-9-3-1-4-10-18/h1-16,22,28H,17H2. The Labute approximate surface area is 184 Å². The molecule has 0 amide bonds. The number of cyclic esters (lactones) is 1. The van der Waals surface area contributed by atoms with Crippen LogP contribution in [0.2, 0.25) is 0 Å². The summed E-state index contributed by atoms with van der Waals surface area (Å²) in [6, 6.07) is 24.9. The van der Waals surface area contributed by atoms with E-state index in [1.165, 1.54) is 24.1 Å². The molecule has 2 unspecified atom stereocenters. The third-order valence-corrected chi connectivity index (χ3v) is 6.30. The van der Waals surface area contributed by atoms with E-state index in [1.807, 2.05) is 30.3 Å². The Morgan fingerprint density at radius 3 is 2.35 bits per heavy atom. The minimum atomic E-state index is -1.71. The fraction of sp³-hybridized carbons (Fsp3) is 0.120. The maximum absolute atomic E-state index is 12.6. The molecule has 3 aromatic carbocycles. The molecule has 31 heavy (non-hydrogen) atoms. The van der Waals surface area contributed by atoms with Crippen molar-refractivity contribution >= 4 is 23.7 Å². The average molecular weight is 432 g/mol. The summed E-state index contributed by atoms with van der Waals surface area (Å²) in [5.41, 5.74) is 0.0131. The molecule has 3 aromatic rings. The predicted octanol–water partition coefficient (Wildman–Crippen LogP) is 4.47. The Hall–Kier alpha value is -3.35. The van der Waals surface area contributed by atoms with Crippen molar-refractivity contribution in [1.29, 1.82) is 0 Å². The predicted molar refractivity (Wildman–Crippen MR) is 118 cm³/mol. The minimum absolute atomic E-state index is 0.184. The highest BCUT2D eigenvalue weighted by Crippen LogP contribution is 2.42. The van der Waals surface area contributed by atoms with Crippen LogP contribution in [0.1, 0.15) is 21.5 Å². The maximum Gasteiger partial charge on any atom is 0.343 e. The van der Waals surface area contributed by atoms with Crippen molar-refractivity contribution in [1.82, 2.24) is 0 Å². The van der Waals surface area contributed by atoms with Crippen LogP contribution in [0.4, 0.5) is 0 Å². The quantitative estimate of drug-likeness (QED) is 0.458. The number of hydrogen-bond acceptors (Lipinski definition) is 6. The van der Waals surface area contributed by atoms with Gasteiger partial charge in [-0.25, -0.2) is 4.79 Å². The highest BCUT2D eigenvalue weighted by molar-refractivity contribution is 7.99. The first-order chi connectivity index (χ1) is 15.1. The highest BCUT2D eigenvalue weighted by atomic mass is 32.2. The van der Waals surface area contributed by atoms with Crippen molar-refractivity contribution in [2.75, 3.05) is 0 Å². The number of hydrogen-bond donors (Lipinski definition) is 1. The number of esters is 2. The van der Waals surface area contributed by atoms with E-state index >= 15 is 0 Å². The molecule has 0 saturated carbocycles. The summed E-state index contributed by atoms with van der Waals surface area (Å²) in [5.74, 6) is -0.422. The number of thioether (sulfide) groups is 1. The lowest BCUT2D eigenvalue weighted by Crippen LogP contribution is -2.44. The van der Waals surface area contributed by atoms with Gasteiger partial charge in [-0.2, -0.15) is 0 Å². The number of para-hydroxylation sites is 1. The maximum atomic E-state index is 12.6. The lowest BCUT2D eigenvalue weighted by Gasteiger charge is -2.35. The van der Waals surface area contributed by atoms with Gasteiger partial charge in [0, 0.05) is 11.3 Å². The molecular formula is C25H20O5S. The zero-order chi connectivity index (χ0) is 21.7. The molecule has 0 saturated heterocycles. The summed E-state index contributed by atoms with van der Waals surface area (Å²) in [5, 5.41) is 10.7. The zero-order valence-electron chi connectivity index (χ0n) is 16.5. The molecule has 0 aliphatic carbocycles. The lowest BCUT2D eigenvalue weighted by atomic mass is 9.88. The molecule has 0 bridgehead atoms. The van der Waals surface area contributed by atoms with Crippen molar-refractivity contribution in [3.8, 4) is 5.75 Å². The van der Waals surface area contributed by atoms with Gasteiger partial charge in [-0.15, -0.1) is 11.8 Å². The van der Waals surface area contributed by atoms with Gasteiger partial charge in [-0.1, -0.05) is 66.7 Å². The summed E-state index contributed by atoms with van der Waals surface area (Å²) >= 11 is 1.27. The largest absolute Gasteiger partial charge is 0.434 e. The molecule has 1 heterocycles. The van der Waals surface area contributed by atoms with Crippen LogP contribution in [0.15, 0.2) is 97.3 Å². The Balaban J connectivity index is 1.64. The topological polar surface area (TPSA) is 72.8 Å². The second kappa shape index (κ2) is 9.20. The van der Waals surface area contributed by atoms with Crippen molar-refractivity contribution in [2.45, 2.75) is 16.6 Å². The van der Waals surface area contributed by atoms with Gasteiger partial charge in [0.15, 0.2) is 0 Å². The molecule has 0 spiro atoms. The van der Waals surface area contributed by atoms with E-state index in [-0.39, 0.29) is 5.75 Å². The highest BCUT2D eigenvalue weighted by Gasteiger charge is 2.46. The molecule has 2 atom stereocenters. The number of ether oxygens (including phenoxy) is 2. The Morgan fingerprint density at radius 2 is 1.61 bits per heavy atom. The number of aliphatic hydroxyl groups is 1. The molecule has 0 radical (unpaired) electrons. The Kier molecular flexibility index (Phi) is 6.21. The van der Waals surface area contributed by atoms with E-state index in [1.54, 1.807) is 54.6 Å². The van der Waals surface area contributed by atoms with E-state index in [0.717, 1.165) is 5.56 Å². The molecule has 1 N–H and O–H groups in total. The van der Waals surface area contributed by atoms with Crippen LogP contribution >= 0.6 is 11.8 Å². The van der Waals surface area contributed by atoms with Gasteiger partial charge < -0.3 is 14.6 Å². The van der Waals surface area contributed by atoms with Gasteiger partial charge in [0.05, 0.1) is 11.8 Å². The van der Waals surface area contributed by atoms with Crippen molar-refractivity contribution < 1.29 is 24.2 Å². The smallest absolute Gasteiger partial charge is 0.343 e. The molecule has 0 aromatic heterocycles. The molecule has 156 valence electrons. The normalized spacial score (nSPS) is 20.2. The SMILES string of the molecule is O=C(Oc1ccccc1C1(O)C=COC(=O)C1SCc1ccccc1)c1ccccc1. The van der Waals surface area contributed by atoms with Gasteiger partial charge in [0.2, 0.25) is 0 Å². The van der Waals surface area contributed by atoms with Crippen LogP contribution in [0.25, 0.3) is 0 Å². The Bertz CT molecular complexity index is 1100. The van der Waals surface area contributed by atoms with Gasteiger partial charge >= 0.3 is 11.9 Å². The second-order valence-electron chi connectivity index (χ2n) is 6.99. The first-order valence-corrected chi connectivity index (χ1v) is 10.8. The molecule has 4 rings (SSSR count). The van der Waals surface area contributed by atoms with Crippen molar-refractivity contribution in [3.63, 3.8) is 0 Å². The Morgan fingerprint density at radius 1 is 0.968 bits per heavy atom. The van der Waals surface area contributed by atoms with E-state index < -0.39 is 22.8 Å². The summed E-state index contributed by atoms with van der Waals surface area (Å²) in [6.45, 7) is 0. The molecule has 1 aliphatic heterocycles. The lowest BCUT2D eigenvalue weighted by molar-refractivity contribution is -0.143. The summed E-state index contributed by atoms with van der Waals surface area (Å²) in [4.78, 5) is 25.2. The first-order valence-electron chi connectivity index (χ1n) is 9.71. The molecule has 1 aliphatic rings. The third kappa shape index (κ3) is 4.55. The van der Waals surface area contributed by atoms with Crippen LogP contribution in [0, 0.1) is 0 Å². The number of rotatable bonds is 6. The van der Waals surface area contributed by atoms with Crippen LogP contribution < -0.4 is 4.74 Å². The van der Waals surface area contributed by atoms with E-state index in [0.29, 0.717) is 16.9 Å². The summed E-state index contributed by atoms with van der Waals surface area (Å²) in [6.07, 6.45) is 2.60. The van der Waals surface area contributed by atoms with Crippen LogP contribution in [0.3, 0.4) is 0 Å². The number of benzene rings is 3. The van der Waals surface area contributed by atoms with Crippen molar-refractivity contribution in [3.05, 3.63) is 114 Å². The second-order valence-corrected chi connectivity index (χ2v) is 8.09. The molecule has 0 fully saturated rings. The zero-order valence-corrected chi connectivity index (χ0v) is 17.3. The average Bonchev–Trinajstić information content (AvgIpc) is 2.80. The van der Waals surface area contributed by atoms with Crippen LogP contribution in [-0.4, -0.2) is 22.3 Å². The van der Waals surface area contributed by atoms with E-state index in [4.69, 9.17) is 9.47 Å². The minimum Gasteiger partial charge on any atom is -0.434 e. The van der Waals surface area contributed by atoms with Crippen LogP contribution in [0.5, 0.6) is 5.75 Å². The molecule has 5 nitrogen and oxygen atoms in total. The van der Waals surface area contributed by atoms with Crippen molar-refractivity contribution in [2.24, 2.45) is 0 Å². The van der Waals surface area contributed by atoms with Gasteiger partial charge in [0.1, 0.15) is 16.6 Å². The fourth-order valence-electron chi connectivity index (χ4n) is 3.33. The summed E-state index contributed by atoms with van der Waals surface area (Å²) in [7, 11) is 0.